The minimum atomic E-state index is -4.08. The Hall–Kier alpha value is 1.46. The van der Waals surface area contributed by atoms with Crippen molar-refractivity contribution in [3.63, 3.8) is 0 Å². The van der Waals surface area contributed by atoms with Crippen LogP contribution in [-0.2, 0) is 13.6 Å². The van der Waals surface area contributed by atoms with Gasteiger partial charge in [-0.3, -0.25) is 4.57 Å². The maximum absolute atomic E-state index is 11.6. The van der Waals surface area contributed by atoms with Gasteiger partial charge in [-0.05, 0) is 12.8 Å². The first-order valence-electron chi connectivity index (χ1n) is 10.7. The Labute approximate surface area is 195 Å². The van der Waals surface area contributed by atoms with Gasteiger partial charge in [0.25, 0.3) is 7.82 Å². The Morgan fingerprint density at radius 2 is 0.846 bits per heavy atom. The van der Waals surface area contributed by atoms with Gasteiger partial charge in [-0.2, -0.15) is 0 Å². The molecule has 0 amide bonds. The molecule has 6 heteroatoms. The van der Waals surface area contributed by atoms with Crippen LogP contribution in [0.15, 0.2) is 0 Å². The number of phosphoric acid groups is 1. The summed E-state index contributed by atoms with van der Waals surface area (Å²) in [6.45, 7) is 4.95. The Balaban J connectivity index is 0. The fourth-order valence-electron chi connectivity index (χ4n) is 2.86. The summed E-state index contributed by atoms with van der Waals surface area (Å²) in [5.74, 6) is 0. The molecule has 0 fully saturated rings. The Morgan fingerprint density at radius 3 is 1.15 bits per heavy atom. The van der Waals surface area contributed by atoms with Gasteiger partial charge < -0.3 is 13.9 Å². The third-order valence-electron chi connectivity index (χ3n) is 4.49. The first kappa shape index (κ1) is 29.7. The van der Waals surface area contributed by atoms with Gasteiger partial charge in [0.2, 0.25) is 0 Å². The number of unbranched alkanes of at least 4 members (excludes halogenated alkanes) is 14. The average Bonchev–Trinajstić information content (AvgIpc) is 2.59. The van der Waals surface area contributed by atoms with E-state index >= 15 is 0 Å². The molecule has 4 nitrogen and oxygen atoms in total. The molecule has 0 N–H and O–H groups in total. The zero-order valence-electron chi connectivity index (χ0n) is 17.3. The number of hydrogen-bond acceptors (Lipinski definition) is 4. The van der Waals surface area contributed by atoms with E-state index in [-0.39, 0.29) is 54.1 Å². The van der Waals surface area contributed by atoms with Crippen LogP contribution in [0.1, 0.15) is 117 Å². The molecule has 0 radical (unpaired) electrons. The van der Waals surface area contributed by atoms with E-state index in [0.717, 1.165) is 38.5 Å². The van der Waals surface area contributed by atoms with Crippen molar-refractivity contribution in [3.8, 4) is 0 Å². The van der Waals surface area contributed by atoms with Crippen LogP contribution in [0, 0.1) is 40.8 Å². The van der Waals surface area contributed by atoms with Crippen LogP contribution in [0.3, 0.4) is 0 Å². The molecule has 0 unspecified atom stereocenters. The predicted molar refractivity (Wildman–Crippen MR) is 105 cm³/mol. The second-order valence-electron chi connectivity index (χ2n) is 7.06. The van der Waals surface area contributed by atoms with E-state index in [2.05, 4.69) is 13.8 Å². The van der Waals surface area contributed by atoms with Gasteiger partial charge in [-0.25, -0.2) is 0 Å². The summed E-state index contributed by atoms with van der Waals surface area (Å²) in [5, 5.41) is 0. The van der Waals surface area contributed by atoms with E-state index in [9.17, 15) is 9.46 Å². The molecule has 156 valence electrons. The monoisotopic (exact) mass is 519 g/mol. The molecule has 0 bridgehead atoms. The van der Waals surface area contributed by atoms with E-state index in [0.29, 0.717) is 0 Å². The van der Waals surface area contributed by atoms with Crippen molar-refractivity contribution in [2.45, 2.75) is 117 Å². The summed E-state index contributed by atoms with van der Waals surface area (Å²) in [5.41, 5.74) is 0. The molecule has 0 aromatic heterocycles. The van der Waals surface area contributed by atoms with Crippen LogP contribution in [-0.4, -0.2) is 13.2 Å². The zero-order valence-corrected chi connectivity index (χ0v) is 21.4. The van der Waals surface area contributed by atoms with Crippen LogP contribution in [0.25, 0.3) is 0 Å². The van der Waals surface area contributed by atoms with Gasteiger partial charge in [0, 0.05) is 40.8 Å². The molecule has 0 aliphatic carbocycles. The van der Waals surface area contributed by atoms with E-state index in [4.69, 9.17) is 9.05 Å². The normalized spacial score (nSPS) is 11.5. The van der Waals surface area contributed by atoms with Crippen molar-refractivity contribution >= 4 is 7.82 Å². The average molecular weight is 522 g/mol. The van der Waals surface area contributed by atoms with Gasteiger partial charge in [0.1, 0.15) is 0 Å². The van der Waals surface area contributed by atoms with E-state index in [1.165, 1.54) is 64.2 Å². The topological polar surface area (TPSA) is 58.6 Å². The van der Waals surface area contributed by atoms with Crippen molar-refractivity contribution in [3.05, 3.63) is 0 Å². The van der Waals surface area contributed by atoms with Gasteiger partial charge in [-0.15, -0.1) is 0 Å². The smallest absolute Gasteiger partial charge is 0.267 e. The standard InChI is InChI=1S/C20H43O4P.Nd/c1-3-5-7-9-11-13-15-17-19-23-25(21,22)24-20-18-16-14-12-10-8-6-4-2;/h3-20H2,1-2H3,(H,21,22);/p-1. The molecular formula is C20H42NdO4P-. The number of hydrogen-bond donors (Lipinski definition) is 0. The molecule has 0 saturated carbocycles. The summed E-state index contributed by atoms with van der Waals surface area (Å²) in [6, 6.07) is 0. The van der Waals surface area contributed by atoms with Crippen molar-refractivity contribution < 1.29 is 59.3 Å². The number of rotatable bonds is 20. The molecule has 0 spiro atoms. The molecule has 26 heavy (non-hydrogen) atoms. The second kappa shape index (κ2) is 22.7. The van der Waals surface area contributed by atoms with Gasteiger partial charge in [0.15, 0.2) is 0 Å². The van der Waals surface area contributed by atoms with E-state index in [1.54, 1.807) is 0 Å². The van der Waals surface area contributed by atoms with Gasteiger partial charge in [-0.1, -0.05) is 104 Å². The first-order chi connectivity index (χ1) is 12.1. The Bertz CT molecular complexity index is 290. The van der Waals surface area contributed by atoms with Gasteiger partial charge >= 0.3 is 0 Å². The van der Waals surface area contributed by atoms with Crippen LogP contribution >= 0.6 is 7.82 Å². The van der Waals surface area contributed by atoms with Crippen LogP contribution in [0.5, 0.6) is 0 Å². The summed E-state index contributed by atoms with van der Waals surface area (Å²) >= 11 is 0. The van der Waals surface area contributed by atoms with E-state index < -0.39 is 7.82 Å². The minimum Gasteiger partial charge on any atom is -0.756 e. The van der Waals surface area contributed by atoms with Crippen LogP contribution in [0.4, 0.5) is 0 Å². The number of phosphoric ester groups is 1. The summed E-state index contributed by atoms with van der Waals surface area (Å²) in [4.78, 5) is 11.6. The molecule has 0 heterocycles. The maximum atomic E-state index is 11.6. The Kier molecular flexibility index (Phi) is 25.9. The summed E-state index contributed by atoms with van der Waals surface area (Å²) in [7, 11) is -4.08. The first-order valence-corrected chi connectivity index (χ1v) is 12.2. The molecule has 0 aliphatic rings. The molecular weight excluding hydrogens is 479 g/mol. The molecule has 0 aromatic carbocycles. The third kappa shape index (κ3) is 23.5. The fraction of sp³-hybridized carbons (Fsp3) is 1.00. The van der Waals surface area contributed by atoms with Crippen molar-refractivity contribution in [2.75, 3.05) is 13.2 Å². The SMILES string of the molecule is CCCCCCCCCCOP(=O)([O-])OCCCCCCCCCC.[Nd]. The molecule has 0 atom stereocenters. The van der Waals surface area contributed by atoms with Crippen LogP contribution in [0.2, 0.25) is 0 Å². The summed E-state index contributed by atoms with van der Waals surface area (Å²) < 4.78 is 21.5. The molecule has 0 aromatic rings. The van der Waals surface area contributed by atoms with Crippen molar-refractivity contribution in [1.29, 1.82) is 0 Å². The molecule has 0 saturated heterocycles. The largest absolute Gasteiger partial charge is 0.756 e. The molecule has 0 rings (SSSR count). The van der Waals surface area contributed by atoms with Crippen molar-refractivity contribution in [2.24, 2.45) is 0 Å². The van der Waals surface area contributed by atoms with Crippen molar-refractivity contribution in [1.82, 2.24) is 0 Å². The third-order valence-corrected chi connectivity index (χ3v) is 5.49. The van der Waals surface area contributed by atoms with Gasteiger partial charge in [0.05, 0.1) is 13.2 Å². The predicted octanol–water partition coefficient (Wildman–Crippen LogP) is 6.77. The fourth-order valence-corrected chi connectivity index (χ4v) is 3.64. The minimum absolute atomic E-state index is 0. The summed E-state index contributed by atoms with van der Waals surface area (Å²) in [6.07, 6.45) is 18.8. The van der Waals surface area contributed by atoms with E-state index in [1.807, 2.05) is 0 Å². The Morgan fingerprint density at radius 1 is 0.577 bits per heavy atom. The second-order valence-corrected chi connectivity index (χ2v) is 8.47. The van der Waals surface area contributed by atoms with Crippen LogP contribution < -0.4 is 4.89 Å². The quantitative estimate of drug-likeness (QED) is 0.131. The molecule has 0 aliphatic heterocycles. The zero-order chi connectivity index (χ0) is 18.6. The maximum Gasteiger partial charge on any atom is 0.267 e.